The number of oxazole rings is 1. The number of amidine groups is 1. The topological polar surface area (TPSA) is 75.8 Å². The Balaban J connectivity index is 1.59. The quantitative estimate of drug-likeness (QED) is 0.274. The molecule has 5 rings (SSSR count). The first-order chi connectivity index (χ1) is 18.5. The Bertz CT molecular complexity index is 1690. The molecule has 0 unspecified atom stereocenters. The number of sulfone groups is 1. The van der Waals surface area contributed by atoms with Crippen molar-refractivity contribution < 1.29 is 26.0 Å². The lowest BCUT2D eigenvalue weighted by Gasteiger charge is -2.27. The Kier molecular flexibility index (Phi) is 6.90. The SMILES string of the molecule is Cc1coc(C2=CCCN(c3ccc(-c4cccc(S(C)(=O)=O)c4)cc3)C(c3ccccc3C(F)(F)F)=N2)n1. The fourth-order valence-electron chi connectivity index (χ4n) is 4.39. The lowest BCUT2D eigenvalue weighted by molar-refractivity contribution is -0.137. The smallest absolute Gasteiger partial charge is 0.417 e. The van der Waals surface area contributed by atoms with Crippen LogP contribution in [-0.2, 0) is 16.0 Å². The maximum absolute atomic E-state index is 14.1. The third-order valence-corrected chi connectivity index (χ3v) is 7.37. The second-order valence-corrected chi connectivity index (χ2v) is 11.2. The minimum absolute atomic E-state index is 0.0639. The molecule has 0 bridgehead atoms. The standard InChI is InChI=1S/C29H24F3N3O3S/c1-19-18-38-28(33-19)26-11-6-16-35(27(34-26)24-9-3-4-10-25(24)29(30,31)32)22-14-12-20(13-15-22)21-7-5-8-23(17-21)39(2,36)37/h3-5,7-15,17-18H,6,16H2,1-2H3. The Hall–Kier alpha value is -4.18. The summed E-state index contributed by atoms with van der Waals surface area (Å²) in [6, 6.07) is 19.1. The average molecular weight is 552 g/mol. The Labute approximate surface area is 224 Å². The van der Waals surface area contributed by atoms with Crippen molar-refractivity contribution in [2.45, 2.75) is 24.4 Å². The number of aromatic nitrogens is 1. The van der Waals surface area contributed by atoms with Crippen LogP contribution in [-0.4, -0.2) is 32.0 Å². The van der Waals surface area contributed by atoms with Gasteiger partial charge in [-0.3, -0.25) is 0 Å². The lowest BCUT2D eigenvalue weighted by atomic mass is 10.0. The first-order valence-electron chi connectivity index (χ1n) is 12.1. The van der Waals surface area contributed by atoms with E-state index in [0.717, 1.165) is 17.9 Å². The molecule has 0 atom stereocenters. The zero-order valence-corrected chi connectivity index (χ0v) is 21.9. The van der Waals surface area contributed by atoms with Crippen LogP contribution in [0.4, 0.5) is 18.9 Å². The fraction of sp³-hybridized carbons (Fsp3) is 0.172. The van der Waals surface area contributed by atoms with Crippen molar-refractivity contribution >= 4 is 27.1 Å². The van der Waals surface area contributed by atoms with Crippen LogP contribution in [0, 0.1) is 6.92 Å². The zero-order chi connectivity index (χ0) is 27.8. The molecule has 10 heteroatoms. The molecule has 0 fully saturated rings. The number of aryl methyl sites for hydroxylation is 1. The van der Waals surface area contributed by atoms with Gasteiger partial charge in [-0.05, 0) is 54.8 Å². The van der Waals surface area contributed by atoms with Gasteiger partial charge in [0.1, 0.15) is 17.8 Å². The molecule has 0 saturated heterocycles. The maximum Gasteiger partial charge on any atom is 0.417 e. The van der Waals surface area contributed by atoms with E-state index in [4.69, 9.17) is 4.42 Å². The first kappa shape index (κ1) is 26.4. The highest BCUT2D eigenvalue weighted by Gasteiger charge is 2.36. The van der Waals surface area contributed by atoms with Crippen LogP contribution in [0.1, 0.15) is 29.1 Å². The number of anilines is 1. The summed E-state index contributed by atoms with van der Waals surface area (Å²) < 4.78 is 71.7. The molecular weight excluding hydrogens is 527 g/mol. The Morgan fingerprint density at radius 3 is 2.36 bits per heavy atom. The van der Waals surface area contributed by atoms with E-state index in [1.165, 1.54) is 24.5 Å². The second kappa shape index (κ2) is 10.2. The van der Waals surface area contributed by atoms with Gasteiger partial charge >= 0.3 is 6.18 Å². The summed E-state index contributed by atoms with van der Waals surface area (Å²) in [7, 11) is -3.38. The van der Waals surface area contributed by atoms with E-state index >= 15 is 0 Å². The van der Waals surface area contributed by atoms with E-state index in [1.54, 1.807) is 66.4 Å². The predicted octanol–water partition coefficient (Wildman–Crippen LogP) is 6.77. The summed E-state index contributed by atoms with van der Waals surface area (Å²) in [4.78, 5) is 10.9. The van der Waals surface area contributed by atoms with Gasteiger partial charge in [0.25, 0.3) is 0 Å². The summed E-state index contributed by atoms with van der Waals surface area (Å²) in [6.07, 6.45) is 0.308. The van der Waals surface area contributed by atoms with Crippen LogP contribution < -0.4 is 4.90 Å². The van der Waals surface area contributed by atoms with Gasteiger partial charge in [-0.1, -0.05) is 48.5 Å². The van der Waals surface area contributed by atoms with Crippen LogP contribution in [0.2, 0.25) is 0 Å². The van der Waals surface area contributed by atoms with E-state index in [0.29, 0.717) is 35.6 Å². The predicted molar refractivity (Wildman–Crippen MR) is 144 cm³/mol. The Morgan fingerprint density at radius 1 is 0.949 bits per heavy atom. The normalized spacial score (nSPS) is 14.5. The zero-order valence-electron chi connectivity index (χ0n) is 21.1. The second-order valence-electron chi connectivity index (χ2n) is 9.15. The Morgan fingerprint density at radius 2 is 1.69 bits per heavy atom. The van der Waals surface area contributed by atoms with Gasteiger partial charge in [0.15, 0.2) is 9.84 Å². The number of aliphatic imine (C=N–C) groups is 1. The van der Waals surface area contributed by atoms with Crippen LogP contribution in [0.3, 0.4) is 0 Å². The molecule has 0 N–H and O–H groups in total. The highest BCUT2D eigenvalue weighted by Crippen LogP contribution is 2.35. The van der Waals surface area contributed by atoms with Gasteiger partial charge in [-0.2, -0.15) is 13.2 Å². The minimum atomic E-state index is -4.59. The molecule has 0 aliphatic carbocycles. The lowest BCUT2D eigenvalue weighted by Crippen LogP contribution is -2.33. The fourth-order valence-corrected chi connectivity index (χ4v) is 5.05. The van der Waals surface area contributed by atoms with Crippen molar-refractivity contribution in [1.82, 2.24) is 4.98 Å². The minimum Gasteiger partial charge on any atom is -0.443 e. The third-order valence-electron chi connectivity index (χ3n) is 6.26. The first-order valence-corrected chi connectivity index (χ1v) is 14.0. The number of rotatable bonds is 5. The molecule has 0 amide bonds. The molecule has 4 aromatic rings. The van der Waals surface area contributed by atoms with Gasteiger partial charge in [0.05, 0.1) is 16.2 Å². The molecule has 2 heterocycles. The van der Waals surface area contributed by atoms with Crippen LogP contribution in [0.25, 0.3) is 16.8 Å². The summed E-state index contributed by atoms with van der Waals surface area (Å²) in [5.74, 6) is 0.354. The molecule has 0 spiro atoms. The van der Waals surface area contributed by atoms with Crippen molar-refractivity contribution in [3.8, 4) is 11.1 Å². The molecule has 39 heavy (non-hydrogen) atoms. The summed E-state index contributed by atoms with van der Waals surface area (Å²) in [5.41, 5.74) is 2.23. The van der Waals surface area contributed by atoms with E-state index in [-0.39, 0.29) is 22.2 Å². The molecule has 1 aromatic heterocycles. The number of alkyl halides is 3. The number of nitrogens with zero attached hydrogens (tertiary/aromatic N) is 3. The highest BCUT2D eigenvalue weighted by atomic mass is 32.2. The van der Waals surface area contributed by atoms with Crippen molar-refractivity contribution in [3.63, 3.8) is 0 Å². The van der Waals surface area contributed by atoms with Crippen molar-refractivity contribution in [1.29, 1.82) is 0 Å². The van der Waals surface area contributed by atoms with Crippen molar-refractivity contribution in [2.75, 3.05) is 17.7 Å². The monoisotopic (exact) mass is 551 g/mol. The summed E-state index contributed by atoms with van der Waals surface area (Å²) >= 11 is 0. The third kappa shape index (κ3) is 5.65. The summed E-state index contributed by atoms with van der Waals surface area (Å²) in [6.45, 7) is 2.12. The molecule has 6 nitrogen and oxygen atoms in total. The van der Waals surface area contributed by atoms with Gasteiger partial charge in [0, 0.05) is 24.1 Å². The molecule has 1 aliphatic rings. The molecule has 3 aromatic carbocycles. The molecule has 1 aliphatic heterocycles. The van der Waals surface area contributed by atoms with Crippen LogP contribution in [0.15, 0.2) is 99.4 Å². The average Bonchev–Trinajstić information content (AvgIpc) is 3.22. The molecule has 200 valence electrons. The van der Waals surface area contributed by atoms with Gasteiger partial charge in [0.2, 0.25) is 5.89 Å². The van der Waals surface area contributed by atoms with E-state index < -0.39 is 21.6 Å². The van der Waals surface area contributed by atoms with Gasteiger partial charge in [-0.15, -0.1) is 0 Å². The van der Waals surface area contributed by atoms with Crippen LogP contribution >= 0.6 is 0 Å². The number of hydrogen-bond acceptors (Lipinski definition) is 6. The number of benzene rings is 3. The largest absolute Gasteiger partial charge is 0.443 e. The maximum atomic E-state index is 14.1. The number of halogens is 3. The molecular formula is C29H24F3N3O3S. The highest BCUT2D eigenvalue weighted by molar-refractivity contribution is 7.90. The number of hydrogen-bond donors (Lipinski definition) is 0. The van der Waals surface area contributed by atoms with Crippen molar-refractivity contribution in [3.05, 3.63) is 108 Å². The van der Waals surface area contributed by atoms with Gasteiger partial charge < -0.3 is 9.32 Å². The molecule has 0 saturated carbocycles. The van der Waals surface area contributed by atoms with Crippen molar-refractivity contribution in [2.24, 2.45) is 4.99 Å². The summed E-state index contributed by atoms with van der Waals surface area (Å²) in [5, 5.41) is 0. The van der Waals surface area contributed by atoms with E-state index in [9.17, 15) is 21.6 Å². The van der Waals surface area contributed by atoms with Gasteiger partial charge in [-0.25, -0.2) is 18.4 Å². The van der Waals surface area contributed by atoms with E-state index in [2.05, 4.69) is 9.98 Å². The molecule has 0 radical (unpaired) electrons. The van der Waals surface area contributed by atoms with E-state index in [1.807, 2.05) is 0 Å². The van der Waals surface area contributed by atoms with Crippen LogP contribution in [0.5, 0.6) is 0 Å².